The van der Waals surface area contributed by atoms with Crippen LogP contribution in [0.4, 0.5) is 0 Å². The molecule has 0 saturated heterocycles. The van der Waals surface area contributed by atoms with Gasteiger partial charge in [-0.3, -0.25) is 9.59 Å². The molecule has 0 radical (unpaired) electrons. The second-order valence-electron chi connectivity index (χ2n) is 2.93. The maximum absolute atomic E-state index is 11.2. The molecule has 0 saturated carbocycles. The number of carboxylic acid groups (broad SMARTS) is 1. The van der Waals surface area contributed by atoms with Crippen molar-refractivity contribution in [2.24, 2.45) is 11.7 Å². The minimum Gasteiger partial charge on any atom is -1.00 e. The zero-order valence-electron chi connectivity index (χ0n) is 9.72. The Morgan fingerprint density at radius 3 is 2.79 bits per heavy atom. The maximum atomic E-state index is 11.2. The quantitative estimate of drug-likeness (QED) is 0.657. The molecule has 0 amide bonds. The van der Waals surface area contributed by atoms with Crippen LogP contribution in [-0.4, -0.2) is 60.6 Å². The Hall–Kier alpha value is -0.160. The van der Waals surface area contributed by atoms with Crippen LogP contribution in [0.1, 0.15) is 9.27 Å². The number of hydrogen-bond donors (Lipinski definition) is 2. The minimum atomic E-state index is -1.07. The smallest absolute Gasteiger partial charge is 1.00 e. The van der Waals surface area contributed by atoms with Crippen LogP contribution in [0.25, 0.3) is 0 Å². The summed E-state index contributed by atoms with van der Waals surface area (Å²) in [4.78, 5) is 21.6. The first-order valence-electron chi connectivity index (χ1n) is 3.98. The van der Waals surface area contributed by atoms with Crippen molar-refractivity contribution in [2.75, 3.05) is 0 Å². The summed E-state index contributed by atoms with van der Waals surface area (Å²) in [6.07, 6.45) is 6.62. The Morgan fingerprint density at radius 2 is 2.29 bits per heavy atom. The summed E-state index contributed by atoms with van der Waals surface area (Å²) in [5.74, 6) is -1.54. The van der Waals surface area contributed by atoms with Crippen LogP contribution in [0.15, 0.2) is 24.3 Å². The predicted octanol–water partition coefficient (Wildman–Crippen LogP) is -0.0561. The molecule has 0 aromatic heterocycles. The molecule has 2 atom stereocenters. The Kier molecular flexibility index (Phi) is 6.27. The Morgan fingerprint density at radius 1 is 1.64 bits per heavy atom. The van der Waals surface area contributed by atoms with E-state index in [2.05, 4.69) is 0 Å². The van der Waals surface area contributed by atoms with Gasteiger partial charge in [-0.05, 0) is 12.5 Å². The van der Waals surface area contributed by atoms with Crippen LogP contribution in [0.5, 0.6) is 0 Å². The molecule has 2 unspecified atom stereocenters. The molecule has 0 aromatic rings. The second kappa shape index (κ2) is 6.35. The third-order valence-corrected chi connectivity index (χ3v) is 1.91. The first-order valence-corrected chi connectivity index (χ1v) is 3.98. The van der Waals surface area contributed by atoms with E-state index in [1.807, 2.05) is 0 Å². The van der Waals surface area contributed by atoms with Gasteiger partial charge in [0.1, 0.15) is 6.04 Å². The summed E-state index contributed by atoms with van der Waals surface area (Å²) in [5.41, 5.74) is 5.30. The molecule has 0 spiro atoms. The van der Waals surface area contributed by atoms with E-state index in [4.69, 9.17) is 10.8 Å². The number of hydrogen-bond acceptors (Lipinski definition) is 3. The van der Waals surface area contributed by atoms with E-state index < -0.39 is 12.0 Å². The first-order chi connectivity index (χ1) is 6.11. The number of nitrogens with two attached hydrogens (primary N) is 1. The fourth-order valence-corrected chi connectivity index (χ4v) is 1.14. The van der Waals surface area contributed by atoms with E-state index in [1.165, 1.54) is 6.08 Å². The van der Waals surface area contributed by atoms with Gasteiger partial charge in [-0.25, -0.2) is 0 Å². The zero-order chi connectivity index (χ0) is 9.84. The average molecular weight is 223 g/mol. The number of aliphatic carboxylic acids is 1. The number of rotatable bonds is 3. The van der Waals surface area contributed by atoms with Gasteiger partial charge in [0.25, 0.3) is 0 Å². The molecule has 3 N–H and O–H groups in total. The summed E-state index contributed by atoms with van der Waals surface area (Å²) in [7, 11) is 0. The van der Waals surface area contributed by atoms with Crippen molar-refractivity contribution in [3.8, 4) is 0 Å². The molecule has 1 rings (SSSR count). The van der Waals surface area contributed by atoms with Crippen molar-refractivity contribution in [3.05, 3.63) is 24.3 Å². The minimum absolute atomic E-state index is 0. The number of carbonyl (C=O) groups is 2. The van der Waals surface area contributed by atoms with Crippen molar-refractivity contribution in [1.82, 2.24) is 0 Å². The standard InChI is InChI=1S/C9H11NO3.Ca.2H/c10-7(9(12)13)5-6-3-1-2-4-8(6)11;;;/h1-4,6-7H,5,10H2,(H,12,13);;;/q;+2;2*-1. The molecule has 74 valence electrons. The predicted molar refractivity (Wildman–Crippen MR) is 55.0 cm³/mol. The molecule has 5 heteroatoms. The monoisotopic (exact) mass is 223 g/mol. The molecule has 1 aliphatic rings. The van der Waals surface area contributed by atoms with Gasteiger partial charge in [0.2, 0.25) is 0 Å². The van der Waals surface area contributed by atoms with Crippen molar-refractivity contribution >= 4 is 49.5 Å². The molecule has 0 fully saturated rings. The topological polar surface area (TPSA) is 80.4 Å². The molecule has 1 aliphatic carbocycles. The van der Waals surface area contributed by atoms with E-state index in [1.54, 1.807) is 18.2 Å². The molecule has 0 heterocycles. The maximum Gasteiger partial charge on any atom is 2.00 e. The molecule has 4 nitrogen and oxygen atoms in total. The van der Waals surface area contributed by atoms with Gasteiger partial charge in [0.15, 0.2) is 5.78 Å². The summed E-state index contributed by atoms with van der Waals surface area (Å²) >= 11 is 0. The summed E-state index contributed by atoms with van der Waals surface area (Å²) in [6, 6.07) is -0.968. The number of ketones is 1. The largest absolute Gasteiger partial charge is 2.00 e. The van der Waals surface area contributed by atoms with Crippen LogP contribution in [0.3, 0.4) is 0 Å². The van der Waals surface area contributed by atoms with Gasteiger partial charge in [-0.1, -0.05) is 18.2 Å². The van der Waals surface area contributed by atoms with Crippen LogP contribution in [0.2, 0.25) is 0 Å². The molecule has 0 aromatic carbocycles. The Balaban J connectivity index is -0.000000563. The van der Waals surface area contributed by atoms with Crippen molar-refractivity contribution in [3.63, 3.8) is 0 Å². The van der Waals surface area contributed by atoms with Crippen LogP contribution >= 0.6 is 0 Å². The van der Waals surface area contributed by atoms with E-state index in [-0.39, 0.29) is 58.7 Å². The van der Waals surface area contributed by atoms with Gasteiger partial charge in [0.05, 0.1) is 0 Å². The van der Waals surface area contributed by atoms with Crippen LogP contribution in [0, 0.1) is 5.92 Å². The van der Waals surface area contributed by atoms with Crippen LogP contribution in [-0.2, 0) is 9.59 Å². The average Bonchev–Trinajstić information content (AvgIpc) is 2.08. The number of carbonyl (C=O) groups excluding carboxylic acids is 1. The summed E-state index contributed by atoms with van der Waals surface area (Å²) in [5, 5.41) is 8.52. The van der Waals surface area contributed by atoms with E-state index >= 15 is 0 Å². The number of carboxylic acids is 1. The van der Waals surface area contributed by atoms with E-state index in [0.717, 1.165) is 0 Å². The molecular formula is C9H13CaNO3. The number of allylic oxidation sites excluding steroid dienone is 4. The zero-order valence-corrected chi connectivity index (χ0v) is 9.93. The normalized spacial score (nSPS) is 21.5. The molecule has 0 aliphatic heterocycles. The van der Waals surface area contributed by atoms with Crippen molar-refractivity contribution < 1.29 is 17.5 Å². The second-order valence-corrected chi connectivity index (χ2v) is 2.93. The third-order valence-electron chi connectivity index (χ3n) is 1.91. The summed E-state index contributed by atoms with van der Waals surface area (Å²) < 4.78 is 0. The van der Waals surface area contributed by atoms with E-state index in [0.29, 0.717) is 0 Å². The van der Waals surface area contributed by atoms with Crippen molar-refractivity contribution in [1.29, 1.82) is 0 Å². The third kappa shape index (κ3) is 3.92. The van der Waals surface area contributed by atoms with Gasteiger partial charge < -0.3 is 13.7 Å². The SMILES string of the molecule is NC(CC1C=CC=CC1=O)C(=O)O.[Ca+2].[H-].[H-]. The van der Waals surface area contributed by atoms with Gasteiger partial charge in [0, 0.05) is 5.92 Å². The fourth-order valence-electron chi connectivity index (χ4n) is 1.14. The first kappa shape index (κ1) is 13.8. The van der Waals surface area contributed by atoms with E-state index in [9.17, 15) is 9.59 Å². The van der Waals surface area contributed by atoms with Gasteiger partial charge in [-0.2, -0.15) is 0 Å². The van der Waals surface area contributed by atoms with Gasteiger partial charge >= 0.3 is 43.7 Å². The molecule has 0 bridgehead atoms. The van der Waals surface area contributed by atoms with Crippen LogP contribution < -0.4 is 5.73 Å². The Bertz CT molecular complexity index is 294. The van der Waals surface area contributed by atoms with Gasteiger partial charge in [-0.15, -0.1) is 0 Å². The molecule has 14 heavy (non-hydrogen) atoms. The Labute approximate surface area is 115 Å². The molecular weight excluding hydrogens is 210 g/mol. The summed E-state index contributed by atoms with van der Waals surface area (Å²) in [6.45, 7) is 0. The fraction of sp³-hybridized carbons (Fsp3) is 0.333. The van der Waals surface area contributed by atoms with Crippen molar-refractivity contribution in [2.45, 2.75) is 12.5 Å².